The summed E-state index contributed by atoms with van der Waals surface area (Å²) >= 11 is 0. The molecule has 2 rings (SSSR count). The van der Waals surface area contributed by atoms with Gasteiger partial charge in [0.05, 0.1) is 0 Å². The highest BCUT2D eigenvalue weighted by atomic mass is 19.2. The van der Waals surface area contributed by atoms with Gasteiger partial charge in [0.15, 0.2) is 11.6 Å². The van der Waals surface area contributed by atoms with Crippen LogP contribution in [0.2, 0.25) is 0 Å². The van der Waals surface area contributed by atoms with E-state index >= 15 is 0 Å². The standard InChI is InChI=1S/C15H20F2/c1-11-7-9-13(15(17)14(11)16)10-8-12-5-3-2-4-6-12/h7,9,12H,2-6,8,10H2,1H3. The van der Waals surface area contributed by atoms with Crippen molar-refractivity contribution in [2.75, 3.05) is 0 Å². The van der Waals surface area contributed by atoms with Crippen LogP contribution < -0.4 is 0 Å². The van der Waals surface area contributed by atoms with Gasteiger partial charge in [-0.05, 0) is 36.8 Å². The highest BCUT2D eigenvalue weighted by Gasteiger charge is 2.16. The SMILES string of the molecule is Cc1ccc(CCC2CCCCC2)c(F)c1F. The number of hydrogen-bond acceptors (Lipinski definition) is 0. The Hall–Kier alpha value is -0.920. The first-order valence-corrected chi connectivity index (χ1v) is 6.62. The molecule has 1 aromatic carbocycles. The molecule has 0 N–H and O–H groups in total. The van der Waals surface area contributed by atoms with Gasteiger partial charge in [-0.15, -0.1) is 0 Å². The van der Waals surface area contributed by atoms with Crippen LogP contribution in [-0.4, -0.2) is 0 Å². The molecule has 0 nitrogen and oxygen atoms in total. The smallest absolute Gasteiger partial charge is 0.162 e. The van der Waals surface area contributed by atoms with Crippen LogP contribution in [-0.2, 0) is 6.42 Å². The van der Waals surface area contributed by atoms with Gasteiger partial charge in [-0.2, -0.15) is 0 Å². The molecule has 94 valence electrons. The van der Waals surface area contributed by atoms with Crippen molar-refractivity contribution in [2.45, 2.75) is 51.9 Å². The summed E-state index contributed by atoms with van der Waals surface area (Å²) in [7, 11) is 0. The van der Waals surface area contributed by atoms with Crippen molar-refractivity contribution >= 4 is 0 Å². The molecule has 2 heteroatoms. The van der Waals surface area contributed by atoms with Crippen molar-refractivity contribution < 1.29 is 8.78 Å². The van der Waals surface area contributed by atoms with Crippen molar-refractivity contribution in [1.82, 2.24) is 0 Å². The molecule has 0 unspecified atom stereocenters. The van der Waals surface area contributed by atoms with E-state index in [1.807, 2.05) is 0 Å². The third-order valence-electron chi connectivity index (χ3n) is 3.90. The second-order valence-electron chi connectivity index (χ2n) is 5.21. The lowest BCUT2D eigenvalue weighted by Gasteiger charge is -2.21. The van der Waals surface area contributed by atoms with Gasteiger partial charge in [0, 0.05) is 0 Å². The molecule has 1 saturated carbocycles. The first-order valence-electron chi connectivity index (χ1n) is 6.62. The summed E-state index contributed by atoms with van der Waals surface area (Å²) in [5.74, 6) is -0.598. The second kappa shape index (κ2) is 5.61. The second-order valence-corrected chi connectivity index (χ2v) is 5.21. The maximum Gasteiger partial charge on any atom is 0.162 e. The quantitative estimate of drug-likeness (QED) is 0.710. The van der Waals surface area contributed by atoms with Crippen LogP contribution >= 0.6 is 0 Å². The third kappa shape index (κ3) is 3.05. The maximum absolute atomic E-state index is 13.6. The van der Waals surface area contributed by atoms with Crippen molar-refractivity contribution in [1.29, 1.82) is 0 Å². The number of aryl methyl sites for hydroxylation is 2. The lowest BCUT2D eigenvalue weighted by atomic mass is 9.85. The molecular formula is C15H20F2. The predicted molar refractivity (Wildman–Crippen MR) is 66.0 cm³/mol. The molecule has 0 bridgehead atoms. The fraction of sp³-hybridized carbons (Fsp3) is 0.600. The van der Waals surface area contributed by atoms with Crippen LogP contribution in [0, 0.1) is 24.5 Å². The fourth-order valence-electron chi connectivity index (χ4n) is 2.71. The van der Waals surface area contributed by atoms with Crippen LogP contribution in [0.1, 0.15) is 49.7 Å². The minimum absolute atomic E-state index is 0.393. The van der Waals surface area contributed by atoms with E-state index < -0.39 is 11.6 Å². The zero-order valence-electron chi connectivity index (χ0n) is 10.4. The maximum atomic E-state index is 13.6. The van der Waals surface area contributed by atoms with Crippen molar-refractivity contribution in [3.8, 4) is 0 Å². The highest BCUT2D eigenvalue weighted by molar-refractivity contribution is 5.25. The third-order valence-corrected chi connectivity index (χ3v) is 3.90. The van der Waals surface area contributed by atoms with Gasteiger partial charge in [-0.25, -0.2) is 8.78 Å². The average Bonchev–Trinajstić information content (AvgIpc) is 2.36. The summed E-state index contributed by atoms with van der Waals surface area (Å²) in [6.07, 6.45) is 8.13. The predicted octanol–water partition coefficient (Wildman–Crippen LogP) is 4.79. The van der Waals surface area contributed by atoms with Crippen LogP contribution in [0.5, 0.6) is 0 Å². The summed E-state index contributed by atoms with van der Waals surface area (Å²) in [6, 6.07) is 3.41. The fourth-order valence-corrected chi connectivity index (χ4v) is 2.71. The number of halogens is 2. The molecule has 17 heavy (non-hydrogen) atoms. The average molecular weight is 238 g/mol. The topological polar surface area (TPSA) is 0 Å². The monoisotopic (exact) mass is 238 g/mol. The summed E-state index contributed by atoms with van der Waals surface area (Å²) < 4.78 is 27.0. The Morgan fingerprint density at radius 1 is 1.06 bits per heavy atom. The molecule has 0 spiro atoms. The van der Waals surface area contributed by atoms with Crippen LogP contribution in [0.4, 0.5) is 8.78 Å². The largest absolute Gasteiger partial charge is 0.203 e. The Balaban J connectivity index is 1.96. The molecule has 0 aromatic heterocycles. The van der Waals surface area contributed by atoms with Gasteiger partial charge in [0.1, 0.15) is 0 Å². The van der Waals surface area contributed by atoms with E-state index in [0.29, 0.717) is 23.5 Å². The van der Waals surface area contributed by atoms with Crippen LogP contribution in [0.3, 0.4) is 0 Å². The van der Waals surface area contributed by atoms with Crippen molar-refractivity contribution in [3.05, 3.63) is 34.9 Å². The molecule has 0 amide bonds. The van der Waals surface area contributed by atoms with Crippen molar-refractivity contribution in [2.24, 2.45) is 5.92 Å². The summed E-state index contributed by atoms with van der Waals surface area (Å²) in [6.45, 7) is 1.60. The van der Waals surface area contributed by atoms with Gasteiger partial charge in [-0.3, -0.25) is 0 Å². The molecule has 1 fully saturated rings. The molecule has 0 atom stereocenters. The summed E-state index contributed by atoms with van der Waals surface area (Å²) in [5.41, 5.74) is 0.933. The zero-order chi connectivity index (χ0) is 12.3. The molecule has 0 aliphatic heterocycles. The number of hydrogen-bond donors (Lipinski definition) is 0. The Kier molecular flexibility index (Phi) is 4.14. The van der Waals surface area contributed by atoms with Gasteiger partial charge in [0.25, 0.3) is 0 Å². The molecular weight excluding hydrogens is 218 g/mol. The molecule has 1 aliphatic carbocycles. The number of benzene rings is 1. The summed E-state index contributed by atoms with van der Waals surface area (Å²) in [5, 5.41) is 0. The van der Waals surface area contributed by atoms with E-state index in [2.05, 4.69) is 0 Å². The minimum atomic E-state index is -0.675. The van der Waals surface area contributed by atoms with Crippen LogP contribution in [0.25, 0.3) is 0 Å². The minimum Gasteiger partial charge on any atom is -0.203 e. The van der Waals surface area contributed by atoms with E-state index in [1.165, 1.54) is 32.1 Å². The Morgan fingerprint density at radius 3 is 2.47 bits per heavy atom. The van der Waals surface area contributed by atoms with Gasteiger partial charge < -0.3 is 0 Å². The lowest BCUT2D eigenvalue weighted by Crippen LogP contribution is -2.08. The van der Waals surface area contributed by atoms with Gasteiger partial charge >= 0.3 is 0 Å². The molecule has 0 heterocycles. The first-order chi connectivity index (χ1) is 8.18. The van der Waals surface area contributed by atoms with Gasteiger partial charge in [-0.1, -0.05) is 44.2 Å². The normalized spacial score (nSPS) is 17.4. The van der Waals surface area contributed by atoms with E-state index in [0.717, 1.165) is 6.42 Å². The first kappa shape index (κ1) is 12.5. The Bertz CT molecular complexity index is 379. The van der Waals surface area contributed by atoms with Crippen molar-refractivity contribution in [3.63, 3.8) is 0 Å². The van der Waals surface area contributed by atoms with E-state index in [9.17, 15) is 8.78 Å². The van der Waals surface area contributed by atoms with E-state index in [4.69, 9.17) is 0 Å². The molecule has 1 aliphatic rings. The van der Waals surface area contributed by atoms with Gasteiger partial charge in [0.2, 0.25) is 0 Å². The van der Waals surface area contributed by atoms with Crippen LogP contribution in [0.15, 0.2) is 12.1 Å². The number of rotatable bonds is 3. The molecule has 0 saturated heterocycles. The Labute approximate surface area is 102 Å². The zero-order valence-corrected chi connectivity index (χ0v) is 10.4. The molecule has 1 aromatic rings. The van der Waals surface area contributed by atoms with E-state index in [1.54, 1.807) is 19.1 Å². The Morgan fingerprint density at radius 2 is 1.76 bits per heavy atom. The summed E-state index contributed by atoms with van der Waals surface area (Å²) in [4.78, 5) is 0. The van der Waals surface area contributed by atoms with E-state index in [-0.39, 0.29) is 0 Å². The highest BCUT2D eigenvalue weighted by Crippen LogP contribution is 2.28. The lowest BCUT2D eigenvalue weighted by molar-refractivity contribution is 0.337. The molecule has 0 radical (unpaired) electrons.